The van der Waals surface area contributed by atoms with E-state index in [-0.39, 0.29) is 0 Å². The van der Waals surface area contributed by atoms with Crippen LogP contribution in [-0.4, -0.2) is 15.0 Å². The summed E-state index contributed by atoms with van der Waals surface area (Å²) in [6.07, 6.45) is 0. The summed E-state index contributed by atoms with van der Waals surface area (Å²) in [7, 11) is 0. The first-order valence-corrected chi connectivity index (χ1v) is 6.30. The van der Waals surface area contributed by atoms with E-state index < -0.39 is 0 Å². The van der Waals surface area contributed by atoms with E-state index in [0.29, 0.717) is 17.5 Å². The standard InChI is InChI=1S/C12H11N5S/c1-7-15-11(13)5-12(16-7)17-8-2-3-9-10(4-8)18-6-14-9/h2-6H,1H3,(H3,13,15,16,17). The molecule has 18 heavy (non-hydrogen) atoms. The number of nitrogens with two attached hydrogens (primary N) is 1. The highest BCUT2D eigenvalue weighted by atomic mass is 32.1. The van der Waals surface area contributed by atoms with Crippen LogP contribution in [0.4, 0.5) is 17.3 Å². The molecule has 1 aromatic carbocycles. The van der Waals surface area contributed by atoms with E-state index in [2.05, 4.69) is 20.3 Å². The lowest BCUT2D eigenvalue weighted by Gasteiger charge is -2.06. The molecule has 0 fully saturated rings. The molecule has 0 bridgehead atoms. The summed E-state index contributed by atoms with van der Waals surface area (Å²) in [5.41, 5.74) is 9.49. The molecule has 3 rings (SSSR count). The van der Waals surface area contributed by atoms with Crippen LogP contribution in [0, 0.1) is 6.92 Å². The van der Waals surface area contributed by atoms with Gasteiger partial charge in [0, 0.05) is 11.8 Å². The maximum atomic E-state index is 5.69. The SMILES string of the molecule is Cc1nc(N)cc(Nc2ccc3ncsc3c2)n1. The molecule has 0 aliphatic carbocycles. The van der Waals surface area contributed by atoms with Crippen molar-refractivity contribution in [3.05, 3.63) is 35.6 Å². The number of nitrogens with one attached hydrogen (secondary N) is 1. The molecule has 0 amide bonds. The molecule has 0 spiro atoms. The van der Waals surface area contributed by atoms with Crippen molar-refractivity contribution in [3.63, 3.8) is 0 Å². The van der Waals surface area contributed by atoms with Crippen molar-refractivity contribution < 1.29 is 0 Å². The number of aryl methyl sites for hydroxylation is 1. The van der Waals surface area contributed by atoms with Gasteiger partial charge in [-0.05, 0) is 25.1 Å². The number of thiazole rings is 1. The average Bonchev–Trinajstić information content (AvgIpc) is 2.74. The predicted octanol–water partition coefficient (Wildman–Crippen LogP) is 2.72. The molecule has 0 atom stereocenters. The lowest BCUT2D eigenvalue weighted by molar-refractivity contribution is 1.06. The number of hydrogen-bond acceptors (Lipinski definition) is 6. The second-order valence-corrected chi connectivity index (χ2v) is 4.77. The summed E-state index contributed by atoms with van der Waals surface area (Å²) in [5.74, 6) is 1.81. The van der Waals surface area contributed by atoms with Gasteiger partial charge in [0.05, 0.1) is 15.7 Å². The van der Waals surface area contributed by atoms with E-state index in [1.165, 1.54) is 0 Å². The predicted molar refractivity (Wildman–Crippen MR) is 74.1 cm³/mol. The molecule has 2 heterocycles. The monoisotopic (exact) mass is 257 g/mol. The van der Waals surface area contributed by atoms with Crippen molar-refractivity contribution in [3.8, 4) is 0 Å². The largest absolute Gasteiger partial charge is 0.384 e. The molecule has 5 nitrogen and oxygen atoms in total. The number of rotatable bonds is 2. The molecule has 3 N–H and O–H groups in total. The number of nitrogens with zero attached hydrogens (tertiary/aromatic N) is 3. The minimum absolute atomic E-state index is 0.462. The topological polar surface area (TPSA) is 76.7 Å². The van der Waals surface area contributed by atoms with Gasteiger partial charge in [0.2, 0.25) is 0 Å². The number of hydrogen-bond donors (Lipinski definition) is 2. The molecule has 0 saturated carbocycles. The fourth-order valence-electron chi connectivity index (χ4n) is 1.74. The Hall–Kier alpha value is -2.21. The maximum Gasteiger partial charge on any atom is 0.136 e. The van der Waals surface area contributed by atoms with E-state index in [1.54, 1.807) is 17.4 Å². The summed E-state index contributed by atoms with van der Waals surface area (Å²) < 4.78 is 1.14. The van der Waals surface area contributed by atoms with Crippen molar-refractivity contribution in [2.24, 2.45) is 0 Å². The Bertz CT molecular complexity index is 686. The molecule has 2 aromatic heterocycles. The van der Waals surface area contributed by atoms with Crippen LogP contribution in [0.25, 0.3) is 10.2 Å². The van der Waals surface area contributed by atoms with Gasteiger partial charge in [0.25, 0.3) is 0 Å². The van der Waals surface area contributed by atoms with E-state index in [1.807, 2.05) is 30.6 Å². The van der Waals surface area contributed by atoms with E-state index in [4.69, 9.17) is 5.73 Å². The molecule has 0 saturated heterocycles. The highest BCUT2D eigenvalue weighted by molar-refractivity contribution is 7.16. The molecule has 6 heteroatoms. The zero-order valence-electron chi connectivity index (χ0n) is 9.71. The van der Waals surface area contributed by atoms with Gasteiger partial charge < -0.3 is 11.1 Å². The molecule has 0 unspecified atom stereocenters. The van der Waals surface area contributed by atoms with Gasteiger partial charge in [-0.3, -0.25) is 0 Å². The zero-order valence-corrected chi connectivity index (χ0v) is 10.5. The second-order valence-electron chi connectivity index (χ2n) is 3.89. The molecule has 0 aliphatic heterocycles. The van der Waals surface area contributed by atoms with Crippen LogP contribution in [0.1, 0.15) is 5.82 Å². The number of nitrogen functional groups attached to an aromatic ring is 1. The quantitative estimate of drug-likeness (QED) is 0.738. The van der Waals surface area contributed by atoms with Crippen LogP contribution < -0.4 is 11.1 Å². The first-order chi connectivity index (χ1) is 8.70. The van der Waals surface area contributed by atoms with Crippen molar-refractivity contribution in [2.45, 2.75) is 6.92 Å². The van der Waals surface area contributed by atoms with E-state index >= 15 is 0 Å². The minimum Gasteiger partial charge on any atom is -0.384 e. The third-order valence-corrected chi connectivity index (χ3v) is 3.25. The summed E-state index contributed by atoms with van der Waals surface area (Å²) in [4.78, 5) is 12.6. The Kier molecular flexibility index (Phi) is 2.56. The smallest absolute Gasteiger partial charge is 0.136 e. The van der Waals surface area contributed by atoms with E-state index in [0.717, 1.165) is 15.9 Å². The lowest BCUT2D eigenvalue weighted by Crippen LogP contribution is -2.00. The van der Waals surface area contributed by atoms with Crippen molar-refractivity contribution >= 4 is 38.9 Å². The average molecular weight is 257 g/mol. The number of anilines is 3. The molecule has 0 radical (unpaired) electrons. The summed E-state index contributed by atoms with van der Waals surface area (Å²) >= 11 is 1.61. The Labute approximate surface area is 108 Å². The summed E-state index contributed by atoms with van der Waals surface area (Å²) in [6, 6.07) is 7.70. The van der Waals surface area contributed by atoms with Gasteiger partial charge in [-0.25, -0.2) is 15.0 Å². The maximum absolute atomic E-state index is 5.69. The molecule has 0 aliphatic rings. The first-order valence-electron chi connectivity index (χ1n) is 5.42. The molecular weight excluding hydrogens is 246 g/mol. The van der Waals surface area contributed by atoms with Crippen LogP contribution in [0.5, 0.6) is 0 Å². The Balaban J connectivity index is 1.95. The lowest BCUT2D eigenvalue weighted by atomic mass is 10.3. The number of benzene rings is 1. The fourth-order valence-corrected chi connectivity index (χ4v) is 2.45. The van der Waals surface area contributed by atoms with Gasteiger partial charge in [0.1, 0.15) is 17.5 Å². The van der Waals surface area contributed by atoms with Gasteiger partial charge >= 0.3 is 0 Å². The second kappa shape index (κ2) is 4.23. The van der Waals surface area contributed by atoms with Crippen LogP contribution in [0.3, 0.4) is 0 Å². The Morgan fingerprint density at radius 1 is 1.22 bits per heavy atom. The number of aromatic nitrogens is 3. The van der Waals surface area contributed by atoms with Crippen molar-refractivity contribution in [2.75, 3.05) is 11.1 Å². The molecule has 3 aromatic rings. The highest BCUT2D eigenvalue weighted by Gasteiger charge is 2.02. The third kappa shape index (κ3) is 2.10. The van der Waals surface area contributed by atoms with Gasteiger partial charge in [-0.15, -0.1) is 11.3 Å². The van der Waals surface area contributed by atoms with Crippen molar-refractivity contribution in [1.29, 1.82) is 0 Å². The highest BCUT2D eigenvalue weighted by Crippen LogP contribution is 2.24. The fraction of sp³-hybridized carbons (Fsp3) is 0.0833. The van der Waals surface area contributed by atoms with Crippen LogP contribution in [0.2, 0.25) is 0 Å². The normalized spacial score (nSPS) is 10.7. The number of fused-ring (bicyclic) bond motifs is 1. The van der Waals surface area contributed by atoms with Gasteiger partial charge in [0.15, 0.2) is 0 Å². The minimum atomic E-state index is 0.462. The Morgan fingerprint density at radius 2 is 2.11 bits per heavy atom. The molecular formula is C12H11N5S. The van der Waals surface area contributed by atoms with Gasteiger partial charge in [-0.2, -0.15) is 0 Å². The van der Waals surface area contributed by atoms with Crippen LogP contribution >= 0.6 is 11.3 Å². The molecule has 90 valence electrons. The van der Waals surface area contributed by atoms with Crippen LogP contribution in [0.15, 0.2) is 29.8 Å². The zero-order chi connectivity index (χ0) is 12.5. The van der Waals surface area contributed by atoms with E-state index in [9.17, 15) is 0 Å². The Morgan fingerprint density at radius 3 is 2.94 bits per heavy atom. The van der Waals surface area contributed by atoms with Crippen LogP contribution in [-0.2, 0) is 0 Å². The third-order valence-electron chi connectivity index (χ3n) is 2.46. The first kappa shape index (κ1) is 10.9. The van der Waals surface area contributed by atoms with Crippen molar-refractivity contribution in [1.82, 2.24) is 15.0 Å². The summed E-state index contributed by atoms with van der Waals surface area (Å²) in [6.45, 7) is 1.81. The summed E-state index contributed by atoms with van der Waals surface area (Å²) in [5, 5.41) is 3.22. The van der Waals surface area contributed by atoms with Gasteiger partial charge in [-0.1, -0.05) is 0 Å².